The van der Waals surface area contributed by atoms with Gasteiger partial charge in [-0.15, -0.1) is 9.19 Å². The summed E-state index contributed by atoms with van der Waals surface area (Å²) < 4.78 is 27.3. The normalized spacial score (nSPS) is 11.1. The second kappa shape index (κ2) is 7.44. The summed E-state index contributed by atoms with van der Waals surface area (Å²) in [5, 5.41) is 17.0. The summed E-state index contributed by atoms with van der Waals surface area (Å²) in [5.74, 6) is -0.298. The average molecular weight is 429 g/mol. The first-order chi connectivity index (χ1) is 14.8. The lowest BCUT2D eigenvalue weighted by Gasteiger charge is -2.09. The molecule has 0 saturated heterocycles. The zero-order valence-electron chi connectivity index (χ0n) is 16.2. The summed E-state index contributed by atoms with van der Waals surface area (Å²) in [6.07, 6.45) is 0. The predicted octanol–water partition coefficient (Wildman–Crippen LogP) is 3.72. The Kier molecular flexibility index (Phi) is 4.78. The Morgan fingerprint density at radius 1 is 1.19 bits per heavy atom. The lowest BCUT2D eigenvalue weighted by atomic mass is 10.1. The number of hydrogen-bond donors (Lipinski definition) is 2. The fourth-order valence-electron chi connectivity index (χ4n) is 3.16. The van der Waals surface area contributed by atoms with Gasteiger partial charge in [0.25, 0.3) is 10.0 Å². The van der Waals surface area contributed by atoms with Crippen LogP contribution in [0, 0.1) is 24.8 Å². The zero-order chi connectivity index (χ0) is 22.2. The average Bonchev–Trinajstić information content (AvgIpc) is 3.15. The second-order valence-corrected chi connectivity index (χ2v) is 8.42. The molecule has 0 spiro atoms. The van der Waals surface area contributed by atoms with Gasteiger partial charge in [-0.05, 0) is 53.6 Å². The molecule has 4 aromatic rings. The molecule has 0 aliphatic carbocycles. The molecule has 0 bridgehead atoms. The van der Waals surface area contributed by atoms with Crippen LogP contribution in [0.4, 0.5) is 23.3 Å². The number of hydrogen-bond acceptors (Lipinski definition) is 7. The smallest absolute Gasteiger partial charge is 0.286 e. The van der Waals surface area contributed by atoms with Crippen LogP contribution in [0.5, 0.6) is 0 Å². The molecule has 31 heavy (non-hydrogen) atoms. The van der Waals surface area contributed by atoms with E-state index in [-0.39, 0.29) is 16.8 Å². The number of nitrogens with two attached hydrogens (primary N) is 1. The Bertz CT molecular complexity index is 1530. The van der Waals surface area contributed by atoms with Crippen LogP contribution >= 0.6 is 0 Å². The van der Waals surface area contributed by atoms with Crippen LogP contribution in [-0.4, -0.2) is 22.6 Å². The van der Waals surface area contributed by atoms with Crippen molar-refractivity contribution < 1.29 is 8.42 Å². The van der Waals surface area contributed by atoms with Gasteiger partial charge in [0.15, 0.2) is 5.69 Å². The fourth-order valence-corrected chi connectivity index (χ4v) is 4.54. The van der Waals surface area contributed by atoms with Crippen molar-refractivity contribution in [2.45, 2.75) is 11.8 Å². The number of rotatable bonds is 4. The van der Waals surface area contributed by atoms with Crippen LogP contribution in [0.25, 0.3) is 15.6 Å². The molecule has 1 aromatic heterocycles. The minimum atomic E-state index is -4.15. The van der Waals surface area contributed by atoms with E-state index in [0.29, 0.717) is 31.8 Å². The number of nitriles is 1. The number of benzene rings is 3. The molecule has 0 radical (unpaired) electrons. The molecular weight excluding hydrogens is 414 g/mol. The van der Waals surface area contributed by atoms with Gasteiger partial charge >= 0.3 is 0 Å². The summed E-state index contributed by atoms with van der Waals surface area (Å²) in [7, 11) is -4.15. The van der Waals surface area contributed by atoms with Gasteiger partial charge in [0.05, 0.1) is 23.1 Å². The first-order valence-electron chi connectivity index (χ1n) is 8.99. The van der Waals surface area contributed by atoms with E-state index >= 15 is 0 Å². The predicted molar refractivity (Wildman–Crippen MR) is 116 cm³/mol. The standard InChI is InChI=1S/C21H15N7O2S/c1-13-10-14(12-22)6-9-18(13)25-21-26-20(23)28(27-21)31(29,30)19-5-3-4-15-11-16(24-2)7-8-17(15)19/h3-11H,1H3,(H3,23,25,26,27). The van der Waals surface area contributed by atoms with Crippen molar-refractivity contribution in [3.05, 3.63) is 77.1 Å². The molecule has 0 unspecified atom stereocenters. The molecule has 0 aliphatic rings. The number of aromatic nitrogens is 3. The fraction of sp³-hybridized carbons (Fsp3) is 0.0476. The highest BCUT2D eigenvalue weighted by atomic mass is 32.2. The van der Waals surface area contributed by atoms with Crippen LogP contribution < -0.4 is 11.1 Å². The molecule has 0 atom stereocenters. The molecule has 152 valence electrons. The highest BCUT2D eigenvalue weighted by Gasteiger charge is 2.25. The van der Waals surface area contributed by atoms with Crippen molar-refractivity contribution >= 4 is 44.1 Å². The van der Waals surface area contributed by atoms with E-state index in [0.717, 1.165) is 5.56 Å². The third-order valence-corrected chi connectivity index (χ3v) is 6.30. The molecule has 4 rings (SSSR count). The van der Waals surface area contributed by atoms with Crippen molar-refractivity contribution in [1.29, 1.82) is 5.26 Å². The molecule has 1 heterocycles. The Hall–Kier alpha value is -4.41. The maximum Gasteiger partial charge on any atom is 0.286 e. The van der Waals surface area contributed by atoms with Gasteiger partial charge in [0, 0.05) is 5.69 Å². The largest absolute Gasteiger partial charge is 0.367 e. The zero-order valence-corrected chi connectivity index (χ0v) is 17.1. The summed E-state index contributed by atoms with van der Waals surface area (Å²) in [5.41, 5.74) is 8.17. The number of nitrogens with one attached hydrogen (secondary N) is 1. The maximum atomic E-state index is 13.3. The summed E-state index contributed by atoms with van der Waals surface area (Å²) >= 11 is 0. The van der Waals surface area contributed by atoms with Gasteiger partial charge in [-0.1, -0.05) is 24.3 Å². The molecule has 0 aliphatic heterocycles. The van der Waals surface area contributed by atoms with Crippen LogP contribution in [0.2, 0.25) is 0 Å². The van der Waals surface area contributed by atoms with Crippen molar-refractivity contribution in [1.82, 2.24) is 14.2 Å². The van der Waals surface area contributed by atoms with Gasteiger partial charge in [-0.3, -0.25) is 0 Å². The lowest BCUT2D eigenvalue weighted by molar-refractivity contribution is 0.582. The first-order valence-corrected chi connectivity index (χ1v) is 10.4. The Labute approximate surface area is 178 Å². The van der Waals surface area contributed by atoms with Crippen molar-refractivity contribution in [3.8, 4) is 6.07 Å². The quantitative estimate of drug-likeness (QED) is 0.473. The first kappa shape index (κ1) is 19.9. The third-order valence-electron chi connectivity index (χ3n) is 4.66. The molecule has 9 nitrogen and oxygen atoms in total. The van der Waals surface area contributed by atoms with E-state index in [1.807, 2.05) is 0 Å². The van der Waals surface area contributed by atoms with Gasteiger partial charge in [0.1, 0.15) is 0 Å². The molecule has 0 fully saturated rings. The van der Waals surface area contributed by atoms with Crippen molar-refractivity contribution in [2.75, 3.05) is 11.1 Å². The highest BCUT2D eigenvalue weighted by Crippen LogP contribution is 2.29. The number of aryl methyl sites for hydroxylation is 1. The monoisotopic (exact) mass is 429 g/mol. The maximum absolute atomic E-state index is 13.3. The minimum absolute atomic E-state index is 0.000709. The van der Waals surface area contributed by atoms with Gasteiger partial charge in [0.2, 0.25) is 11.9 Å². The molecule has 0 amide bonds. The Morgan fingerprint density at radius 2 is 2.00 bits per heavy atom. The number of anilines is 3. The van der Waals surface area contributed by atoms with E-state index in [1.165, 1.54) is 6.07 Å². The van der Waals surface area contributed by atoms with Crippen molar-refractivity contribution in [3.63, 3.8) is 0 Å². The SMILES string of the molecule is [C-]#[N+]c1ccc2c(S(=O)(=O)n3nc(Nc4ccc(C#N)cc4C)nc3N)cccc2c1. The summed E-state index contributed by atoms with van der Waals surface area (Å²) in [6, 6.07) is 16.6. The minimum Gasteiger partial charge on any atom is -0.367 e. The molecule has 10 heteroatoms. The Balaban J connectivity index is 1.76. The second-order valence-electron chi connectivity index (χ2n) is 6.68. The van der Waals surface area contributed by atoms with Gasteiger partial charge in [-0.25, -0.2) is 4.85 Å². The van der Waals surface area contributed by atoms with E-state index in [4.69, 9.17) is 17.6 Å². The van der Waals surface area contributed by atoms with Crippen LogP contribution in [0.1, 0.15) is 11.1 Å². The van der Waals surface area contributed by atoms with Crippen LogP contribution in [-0.2, 0) is 10.0 Å². The van der Waals surface area contributed by atoms with E-state index in [2.05, 4.69) is 26.3 Å². The van der Waals surface area contributed by atoms with Gasteiger partial charge in [-0.2, -0.15) is 18.7 Å². The molecule has 3 aromatic carbocycles. The molecular formula is C21H15N7O2S. The number of nitrogen functional groups attached to an aromatic ring is 1. The topological polar surface area (TPSA) is 131 Å². The van der Waals surface area contributed by atoms with E-state index < -0.39 is 10.0 Å². The summed E-state index contributed by atoms with van der Waals surface area (Å²) in [4.78, 5) is 7.40. The van der Waals surface area contributed by atoms with E-state index in [1.54, 1.807) is 55.5 Å². The number of fused-ring (bicyclic) bond motifs is 1. The van der Waals surface area contributed by atoms with Crippen LogP contribution in [0.3, 0.4) is 0 Å². The molecule has 0 saturated carbocycles. The lowest BCUT2D eigenvalue weighted by Crippen LogP contribution is -2.17. The number of nitrogens with zero attached hydrogens (tertiary/aromatic N) is 5. The van der Waals surface area contributed by atoms with Crippen molar-refractivity contribution in [2.24, 2.45) is 0 Å². The molecule has 3 N–H and O–H groups in total. The summed E-state index contributed by atoms with van der Waals surface area (Å²) in [6.45, 7) is 8.94. The van der Waals surface area contributed by atoms with E-state index in [9.17, 15) is 8.42 Å². The van der Waals surface area contributed by atoms with Gasteiger partial charge < -0.3 is 11.1 Å². The Morgan fingerprint density at radius 3 is 2.71 bits per heavy atom. The highest BCUT2D eigenvalue weighted by molar-refractivity contribution is 7.90. The third kappa shape index (κ3) is 3.52. The van der Waals surface area contributed by atoms with Crippen LogP contribution in [0.15, 0.2) is 59.5 Å².